The van der Waals surface area contributed by atoms with Crippen molar-refractivity contribution in [2.75, 3.05) is 30.4 Å². The number of nitrogens with zero attached hydrogens (tertiary/aromatic N) is 7. The van der Waals surface area contributed by atoms with Gasteiger partial charge in [0.15, 0.2) is 11.6 Å². The van der Waals surface area contributed by atoms with E-state index in [-0.39, 0.29) is 5.41 Å². The molecule has 9 nitrogen and oxygen atoms in total. The van der Waals surface area contributed by atoms with Gasteiger partial charge in [-0.3, -0.25) is 4.98 Å². The third kappa shape index (κ3) is 4.46. The van der Waals surface area contributed by atoms with Crippen molar-refractivity contribution in [2.24, 2.45) is 5.41 Å². The molecule has 1 aliphatic heterocycles. The van der Waals surface area contributed by atoms with E-state index in [4.69, 9.17) is 9.97 Å². The largest absolute Gasteiger partial charge is 0.355 e. The summed E-state index contributed by atoms with van der Waals surface area (Å²) in [6, 6.07) is 12.3. The molecule has 0 radical (unpaired) electrons. The highest BCUT2D eigenvalue weighted by molar-refractivity contribution is 5.94. The quantitative estimate of drug-likeness (QED) is 0.317. The molecule has 0 amide bonds. The smallest absolute Gasteiger partial charge is 0.162 e. The average molecular weight is 520 g/mol. The van der Waals surface area contributed by atoms with Gasteiger partial charge in [0.05, 0.1) is 17.2 Å². The molecule has 1 atom stereocenters. The summed E-state index contributed by atoms with van der Waals surface area (Å²) in [5.74, 6) is 3.64. The molecule has 5 aromatic heterocycles. The lowest BCUT2D eigenvalue weighted by atomic mass is 9.79. The molecule has 1 aliphatic carbocycles. The summed E-state index contributed by atoms with van der Waals surface area (Å²) in [6.45, 7) is 6.67. The van der Waals surface area contributed by atoms with Crippen LogP contribution in [0.2, 0.25) is 0 Å². The lowest BCUT2D eigenvalue weighted by molar-refractivity contribution is 0.215. The Morgan fingerprint density at radius 3 is 2.77 bits per heavy atom. The van der Waals surface area contributed by atoms with Crippen molar-refractivity contribution >= 4 is 33.9 Å². The molecule has 39 heavy (non-hydrogen) atoms. The van der Waals surface area contributed by atoms with E-state index in [9.17, 15) is 0 Å². The number of hydrogen-bond donors (Lipinski definition) is 2. The van der Waals surface area contributed by atoms with Crippen molar-refractivity contribution in [3.8, 4) is 11.4 Å². The van der Waals surface area contributed by atoms with Gasteiger partial charge < -0.3 is 15.5 Å². The Morgan fingerprint density at radius 2 is 1.95 bits per heavy atom. The molecular formula is C30H33N9. The van der Waals surface area contributed by atoms with Crippen LogP contribution in [0.25, 0.3) is 27.8 Å². The fraction of sp³-hybridized carbons (Fsp3) is 0.367. The van der Waals surface area contributed by atoms with Crippen molar-refractivity contribution in [3.05, 3.63) is 66.7 Å². The second-order valence-corrected chi connectivity index (χ2v) is 11.5. The molecule has 2 aliphatic rings. The van der Waals surface area contributed by atoms with Crippen LogP contribution >= 0.6 is 0 Å². The molecule has 0 aromatic carbocycles. The van der Waals surface area contributed by atoms with E-state index in [1.165, 1.54) is 18.4 Å². The van der Waals surface area contributed by atoms with Gasteiger partial charge in [0, 0.05) is 55.2 Å². The molecule has 198 valence electrons. The molecule has 9 heteroatoms. The molecule has 6 heterocycles. The lowest BCUT2D eigenvalue weighted by Gasteiger charge is -2.45. The highest BCUT2D eigenvalue weighted by Gasteiger charge is 2.37. The minimum atomic E-state index is 0.110. The predicted molar refractivity (Wildman–Crippen MR) is 154 cm³/mol. The maximum absolute atomic E-state index is 5.26. The van der Waals surface area contributed by atoms with Gasteiger partial charge in [-0.2, -0.15) is 5.10 Å². The normalized spacial score (nSPS) is 18.9. The Hall–Kier alpha value is -4.11. The zero-order chi connectivity index (χ0) is 26.6. The number of anilines is 3. The fourth-order valence-corrected chi connectivity index (χ4v) is 5.97. The summed E-state index contributed by atoms with van der Waals surface area (Å²) in [4.78, 5) is 21.8. The number of hydrogen-bond acceptors (Lipinski definition) is 8. The topological polar surface area (TPSA) is 96.2 Å². The van der Waals surface area contributed by atoms with Crippen LogP contribution in [-0.4, -0.2) is 55.7 Å². The molecular weight excluding hydrogens is 486 g/mol. The zero-order valence-corrected chi connectivity index (χ0v) is 22.6. The minimum Gasteiger partial charge on any atom is -0.355 e. The highest BCUT2D eigenvalue weighted by atomic mass is 15.3. The second-order valence-electron chi connectivity index (χ2n) is 11.5. The van der Waals surface area contributed by atoms with Crippen LogP contribution in [0.15, 0.2) is 61.2 Å². The van der Waals surface area contributed by atoms with Gasteiger partial charge in [0.2, 0.25) is 0 Å². The molecule has 7 rings (SSSR count). The van der Waals surface area contributed by atoms with Crippen LogP contribution in [0, 0.1) is 5.41 Å². The summed E-state index contributed by atoms with van der Waals surface area (Å²) in [5.41, 5.74) is 4.19. The van der Waals surface area contributed by atoms with E-state index < -0.39 is 0 Å². The number of pyridine rings is 3. The first-order valence-electron chi connectivity index (χ1n) is 13.7. The van der Waals surface area contributed by atoms with E-state index in [1.807, 2.05) is 59.5 Å². The lowest BCUT2D eigenvalue weighted by Crippen LogP contribution is -2.53. The van der Waals surface area contributed by atoms with Crippen LogP contribution in [0.1, 0.15) is 44.6 Å². The van der Waals surface area contributed by atoms with E-state index in [2.05, 4.69) is 51.5 Å². The third-order valence-corrected chi connectivity index (χ3v) is 8.16. The van der Waals surface area contributed by atoms with Crippen molar-refractivity contribution in [2.45, 2.75) is 45.1 Å². The second kappa shape index (κ2) is 9.27. The van der Waals surface area contributed by atoms with Gasteiger partial charge in [0.1, 0.15) is 11.6 Å². The molecule has 1 saturated heterocycles. The monoisotopic (exact) mass is 519 g/mol. The van der Waals surface area contributed by atoms with E-state index in [0.717, 1.165) is 53.1 Å². The van der Waals surface area contributed by atoms with Crippen molar-refractivity contribution in [1.82, 2.24) is 34.9 Å². The standard InChI is InChI=1S/C30H33N9/c1-30(2)18-31-11-10-24(30)38(3)29-27-22(19-7-8-19)16-32-17-23(27)34-28(36-29)20-9-12-33-25(14-20)35-26-15-21-6-4-5-13-39(21)37-26/h4-6,9,12-17,19,24,31H,7-8,10-11,18H2,1-3H3,(H,33,35,37). The summed E-state index contributed by atoms with van der Waals surface area (Å²) >= 11 is 0. The Kier molecular flexibility index (Phi) is 5.70. The van der Waals surface area contributed by atoms with Crippen LogP contribution < -0.4 is 15.5 Å². The van der Waals surface area contributed by atoms with Gasteiger partial charge >= 0.3 is 0 Å². The SMILES string of the molecule is CN(c1nc(-c2ccnc(Nc3cc4ccccn4n3)c2)nc2cncc(C3CC3)c12)C1CCNCC1(C)C. The van der Waals surface area contributed by atoms with Gasteiger partial charge in [0.25, 0.3) is 0 Å². The van der Waals surface area contributed by atoms with Crippen LogP contribution in [-0.2, 0) is 0 Å². The first kappa shape index (κ1) is 24.0. The highest BCUT2D eigenvalue weighted by Crippen LogP contribution is 2.45. The van der Waals surface area contributed by atoms with Gasteiger partial charge in [-0.05, 0) is 67.0 Å². The van der Waals surface area contributed by atoms with Crippen LogP contribution in [0.3, 0.4) is 0 Å². The molecule has 5 aromatic rings. The maximum atomic E-state index is 5.26. The fourth-order valence-electron chi connectivity index (χ4n) is 5.97. The summed E-state index contributed by atoms with van der Waals surface area (Å²) in [6.07, 6.45) is 11.1. The Morgan fingerprint density at radius 1 is 1.05 bits per heavy atom. The summed E-state index contributed by atoms with van der Waals surface area (Å²) in [7, 11) is 2.20. The maximum Gasteiger partial charge on any atom is 0.162 e. The number of aromatic nitrogens is 6. The number of piperidine rings is 1. The van der Waals surface area contributed by atoms with Crippen molar-refractivity contribution < 1.29 is 0 Å². The Balaban J connectivity index is 1.31. The number of rotatable bonds is 6. The summed E-state index contributed by atoms with van der Waals surface area (Å²) < 4.78 is 1.84. The molecule has 2 fully saturated rings. The van der Waals surface area contributed by atoms with Crippen LogP contribution in [0.4, 0.5) is 17.5 Å². The van der Waals surface area contributed by atoms with Gasteiger partial charge in [-0.1, -0.05) is 19.9 Å². The van der Waals surface area contributed by atoms with Crippen molar-refractivity contribution in [1.29, 1.82) is 0 Å². The van der Waals surface area contributed by atoms with Crippen molar-refractivity contribution in [3.63, 3.8) is 0 Å². The number of fused-ring (bicyclic) bond motifs is 2. The molecule has 2 N–H and O–H groups in total. The van der Waals surface area contributed by atoms with Crippen LogP contribution in [0.5, 0.6) is 0 Å². The first-order valence-corrected chi connectivity index (χ1v) is 13.7. The predicted octanol–water partition coefficient (Wildman–Crippen LogP) is 5.18. The zero-order valence-electron chi connectivity index (χ0n) is 22.6. The Labute approximate surface area is 227 Å². The molecule has 1 unspecified atom stereocenters. The van der Waals surface area contributed by atoms with E-state index in [1.54, 1.807) is 6.20 Å². The van der Waals surface area contributed by atoms with E-state index >= 15 is 0 Å². The average Bonchev–Trinajstić information content (AvgIpc) is 3.71. The summed E-state index contributed by atoms with van der Waals surface area (Å²) in [5, 5.41) is 12.7. The molecule has 0 bridgehead atoms. The molecule has 1 saturated carbocycles. The minimum absolute atomic E-state index is 0.110. The number of nitrogens with one attached hydrogen (secondary N) is 2. The molecule has 0 spiro atoms. The first-order chi connectivity index (χ1) is 19.0. The Bertz CT molecular complexity index is 1640. The van der Waals surface area contributed by atoms with Gasteiger partial charge in [-0.15, -0.1) is 0 Å². The van der Waals surface area contributed by atoms with E-state index in [0.29, 0.717) is 23.6 Å². The van der Waals surface area contributed by atoms with Gasteiger partial charge in [-0.25, -0.2) is 19.5 Å². The third-order valence-electron chi connectivity index (χ3n) is 8.16.